The maximum atomic E-state index is 13.0. The van der Waals surface area contributed by atoms with E-state index in [4.69, 9.17) is 15.2 Å². The van der Waals surface area contributed by atoms with E-state index in [2.05, 4.69) is 21.9 Å². The average Bonchev–Trinajstić information content (AvgIpc) is 2.88. The number of carbonyl (C=O) groups is 2. The summed E-state index contributed by atoms with van der Waals surface area (Å²) < 4.78 is 11.8. The molecule has 1 aromatic rings. The molecular formula is C27H41N3O4. The summed E-state index contributed by atoms with van der Waals surface area (Å²) in [6.45, 7) is 4.85. The molecule has 0 spiro atoms. The molecule has 0 aromatic heterocycles. The van der Waals surface area contributed by atoms with E-state index in [9.17, 15) is 9.59 Å². The Morgan fingerprint density at radius 2 is 1.71 bits per heavy atom. The molecule has 7 nitrogen and oxygen atoms in total. The smallest absolute Gasteiger partial charge is 0.225 e. The lowest BCUT2D eigenvalue weighted by molar-refractivity contribution is -0.138. The van der Waals surface area contributed by atoms with Crippen molar-refractivity contribution in [3.63, 3.8) is 0 Å². The van der Waals surface area contributed by atoms with Crippen molar-refractivity contribution >= 4 is 11.8 Å². The summed E-state index contributed by atoms with van der Waals surface area (Å²) in [7, 11) is 1.67. The molecule has 1 aromatic carbocycles. The zero-order chi connectivity index (χ0) is 23.9. The van der Waals surface area contributed by atoms with Gasteiger partial charge in [-0.25, -0.2) is 0 Å². The van der Waals surface area contributed by atoms with Gasteiger partial charge in [-0.1, -0.05) is 25.3 Å². The van der Waals surface area contributed by atoms with Crippen LogP contribution in [0, 0.1) is 17.8 Å². The molecule has 2 amide bonds. The van der Waals surface area contributed by atoms with Crippen LogP contribution in [-0.2, 0) is 16.1 Å². The van der Waals surface area contributed by atoms with E-state index >= 15 is 0 Å². The van der Waals surface area contributed by atoms with Crippen LogP contribution >= 0.6 is 0 Å². The van der Waals surface area contributed by atoms with Crippen molar-refractivity contribution in [2.45, 2.75) is 64.3 Å². The summed E-state index contributed by atoms with van der Waals surface area (Å²) in [5, 5.41) is 0. The number of rotatable bonds is 8. The first-order chi connectivity index (χ1) is 16.5. The molecule has 1 saturated carbocycles. The number of carbonyl (C=O) groups excluding carboxylic acids is 2. The van der Waals surface area contributed by atoms with E-state index in [1.165, 1.54) is 24.8 Å². The monoisotopic (exact) mass is 471 g/mol. The molecule has 188 valence electrons. The van der Waals surface area contributed by atoms with Gasteiger partial charge in [-0.2, -0.15) is 0 Å². The number of hydrogen-bond acceptors (Lipinski definition) is 5. The highest BCUT2D eigenvalue weighted by Crippen LogP contribution is 2.31. The van der Waals surface area contributed by atoms with Gasteiger partial charge in [0.05, 0.1) is 13.7 Å². The summed E-state index contributed by atoms with van der Waals surface area (Å²) >= 11 is 0. The zero-order valence-electron chi connectivity index (χ0n) is 20.7. The quantitative estimate of drug-likeness (QED) is 0.626. The summed E-state index contributed by atoms with van der Waals surface area (Å²) in [4.78, 5) is 28.9. The number of primary amides is 1. The van der Waals surface area contributed by atoms with Gasteiger partial charge in [-0.3, -0.25) is 14.5 Å². The van der Waals surface area contributed by atoms with E-state index in [-0.39, 0.29) is 17.7 Å². The molecule has 7 heteroatoms. The second kappa shape index (κ2) is 11.9. The van der Waals surface area contributed by atoms with Gasteiger partial charge in [0.2, 0.25) is 11.8 Å². The van der Waals surface area contributed by atoms with Crippen LogP contribution in [0.15, 0.2) is 18.2 Å². The van der Waals surface area contributed by atoms with Crippen LogP contribution in [0.5, 0.6) is 11.5 Å². The summed E-state index contributed by atoms with van der Waals surface area (Å²) in [5.41, 5.74) is 6.64. The standard InChI is InChI=1S/C27H41N3O4/c1-33-24-10-9-20(17-29-14-11-22(12-15-29)26(28)31)16-25(24)34-19-21-6-5-13-30(18-21)27(32)23-7-3-2-4-8-23/h9-10,16,21-23H,2-8,11-15,17-19H2,1H3,(H2,28,31)/t21-/m1/s1. The van der Waals surface area contributed by atoms with Crippen LogP contribution < -0.4 is 15.2 Å². The van der Waals surface area contributed by atoms with Crippen LogP contribution in [0.25, 0.3) is 0 Å². The van der Waals surface area contributed by atoms with Gasteiger partial charge >= 0.3 is 0 Å². The normalized spacial score (nSPS) is 23.0. The third-order valence-electron chi connectivity index (χ3n) is 7.88. The third-order valence-corrected chi connectivity index (χ3v) is 7.88. The fourth-order valence-corrected chi connectivity index (χ4v) is 5.78. The van der Waals surface area contributed by atoms with Crippen LogP contribution in [-0.4, -0.2) is 61.5 Å². The van der Waals surface area contributed by atoms with Gasteiger partial charge in [-0.15, -0.1) is 0 Å². The van der Waals surface area contributed by atoms with Crippen molar-refractivity contribution in [1.29, 1.82) is 0 Å². The van der Waals surface area contributed by atoms with Crippen LogP contribution in [0.4, 0.5) is 0 Å². The number of amides is 2. The number of nitrogens with two attached hydrogens (primary N) is 1. The molecular weight excluding hydrogens is 430 g/mol. The maximum Gasteiger partial charge on any atom is 0.225 e. The highest BCUT2D eigenvalue weighted by Gasteiger charge is 2.30. The predicted octanol–water partition coefficient (Wildman–Crippen LogP) is 3.59. The molecule has 2 aliphatic heterocycles. The van der Waals surface area contributed by atoms with Gasteiger partial charge < -0.3 is 20.1 Å². The number of benzene rings is 1. The number of ether oxygens (including phenoxy) is 2. The van der Waals surface area contributed by atoms with Crippen molar-refractivity contribution in [1.82, 2.24) is 9.80 Å². The molecule has 1 atom stereocenters. The van der Waals surface area contributed by atoms with Crippen molar-refractivity contribution in [3.05, 3.63) is 23.8 Å². The summed E-state index contributed by atoms with van der Waals surface area (Å²) in [6.07, 6.45) is 9.55. The molecule has 34 heavy (non-hydrogen) atoms. The second-order valence-corrected chi connectivity index (χ2v) is 10.4. The molecule has 1 aliphatic carbocycles. The first-order valence-electron chi connectivity index (χ1n) is 13.1. The number of likely N-dealkylation sites (tertiary alicyclic amines) is 2. The topological polar surface area (TPSA) is 85.1 Å². The largest absolute Gasteiger partial charge is 0.493 e. The van der Waals surface area contributed by atoms with Gasteiger partial charge in [0, 0.05) is 37.4 Å². The van der Waals surface area contributed by atoms with E-state index < -0.39 is 0 Å². The lowest BCUT2D eigenvalue weighted by atomic mass is 9.87. The summed E-state index contributed by atoms with van der Waals surface area (Å²) in [5.74, 6) is 2.28. The Morgan fingerprint density at radius 1 is 0.941 bits per heavy atom. The zero-order valence-corrected chi connectivity index (χ0v) is 20.7. The van der Waals surface area contributed by atoms with Crippen molar-refractivity contribution < 1.29 is 19.1 Å². The minimum absolute atomic E-state index is 0.00562. The van der Waals surface area contributed by atoms with E-state index in [1.54, 1.807) is 7.11 Å². The van der Waals surface area contributed by atoms with E-state index in [1.807, 2.05) is 6.07 Å². The van der Waals surface area contributed by atoms with E-state index in [0.717, 1.165) is 82.7 Å². The molecule has 0 radical (unpaired) electrons. The molecule has 2 N–H and O–H groups in total. The van der Waals surface area contributed by atoms with Crippen molar-refractivity contribution in [2.24, 2.45) is 23.5 Å². The molecule has 0 bridgehead atoms. The first kappa shape index (κ1) is 24.8. The second-order valence-electron chi connectivity index (χ2n) is 10.4. The highest BCUT2D eigenvalue weighted by molar-refractivity contribution is 5.79. The number of nitrogens with zero attached hydrogens (tertiary/aromatic N) is 2. The minimum Gasteiger partial charge on any atom is -0.493 e. The fourth-order valence-electron chi connectivity index (χ4n) is 5.78. The SMILES string of the molecule is COc1ccc(CN2CCC(C(N)=O)CC2)cc1OC[C@@H]1CCCN(C(=O)C2CCCCC2)C1. The Bertz CT molecular complexity index is 831. The first-order valence-corrected chi connectivity index (χ1v) is 13.1. The van der Waals surface area contributed by atoms with Crippen LogP contribution in [0.3, 0.4) is 0 Å². The van der Waals surface area contributed by atoms with Gasteiger partial charge in [0.25, 0.3) is 0 Å². The molecule has 3 fully saturated rings. The van der Waals surface area contributed by atoms with Crippen LogP contribution in [0.1, 0.15) is 63.4 Å². The lowest BCUT2D eigenvalue weighted by Gasteiger charge is -2.36. The molecule has 4 rings (SSSR count). The summed E-state index contributed by atoms with van der Waals surface area (Å²) in [6, 6.07) is 6.13. The average molecular weight is 472 g/mol. The fraction of sp³-hybridized carbons (Fsp3) is 0.704. The Labute approximate surface area is 203 Å². The molecule has 3 aliphatic rings. The highest BCUT2D eigenvalue weighted by atomic mass is 16.5. The molecule has 2 heterocycles. The van der Waals surface area contributed by atoms with Crippen LogP contribution in [0.2, 0.25) is 0 Å². The number of methoxy groups -OCH3 is 1. The number of hydrogen-bond donors (Lipinski definition) is 1. The lowest BCUT2D eigenvalue weighted by Crippen LogP contribution is -2.44. The predicted molar refractivity (Wildman–Crippen MR) is 132 cm³/mol. The van der Waals surface area contributed by atoms with Crippen molar-refractivity contribution in [2.75, 3.05) is 39.9 Å². The van der Waals surface area contributed by atoms with Gasteiger partial charge in [0.15, 0.2) is 11.5 Å². The van der Waals surface area contributed by atoms with E-state index in [0.29, 0.717) is 18.4 Å². The molecule has 2 saturated heterocycles. The Kier molecular flexibility index (Phi) is 8.70. The van der Waals surface area contributed by atoms with Crippen molar-refractivity contribution in [3.8, 4) is 11.5 Å². The van der Waals surface area contributed by atoms with Gasteiger partial charge in [-0.05, 0) is 69.3 Å². The number of piperidine rings is 2. The third kappa shape index (κ3) is 6.44. The minimum atomic E-state index is -0.179. The molecule has 0 unspecified atom stereocenters. The Morgan fingerprint density at radius 3 is 2.41 bits per heavy atom. The Hall–Kier alpha value is -2.28. The maximum absolute atomic E-state index is 13.0. The Balaban J connectivity index is 1.31. The van der Waals surface area contributed by atoms with Gasteiger partial charge in [0.1, 0.15) is 0 Å².